The lowest BCUT2D eigenvalue weighted by atomic mass is 10.2. The number of hydrogen-bond donors (Lipinski definition) is 2. The van der Waals surface area contributed by atoms with Crippen LogP contribution in [0, 0.1) is 5.82 Å². The van der Waals surface area contributed by atoms with Crippen LogP contribution in [0.2, 0.25) is 0 Å². The van der Waals surface area contributed by atoms with Crippen LogP contribution < -0.4 is 16.0 Å². The van der Waals surface area contributed by atoms with Gasteiger partial charge in [0, 0.05) is 18.8 Å². The fourth-order valence-electron chi connectivity index (χ4n) is 1.71. The second kappa shape index (κ2) is 8.48. The number of amides is 2. The lowest BCUT2D eigenvalue weighted by Crippen LogP contribution is -2.41. The van der Waals surface area contributed by atoms with Gasteiger partial charge in [0.05, 0.1) is 0 Å². The Morgan fingerprint density at radius 3 is 2.84 bits per heavy atom. The van der Waals surface area contributed by atoms with E-state index in [0.29, 0.717) is 31.7 Å². The van der Waals surface area contributed by atoms with E-state index in [2.05, 4.69) is 12.2 Å². The van der Waals surface area contributed by atoms with E-state index >= 15 is 0 Å². The normalized spacial score (nSPS) is 10.3. The molecule has 0 saturated heterocycles. The zero-order valence-electron chi connectivity index (χ0n) is 11.4. The van der Waals surface area contributed by atoms with E-state index < -0.39 is 0 Å². The first-order valence-electron chi connectivity index (χ1n) is 6.70. The maximum Gasteiger partial charge on any atom is 0.321 e. The van der Waals surface area contributed by atoms with Crippen molar-refractivity contribution < 1.29 is 9.18 Å². The highest BCUT2D eigenvalue weighted by atomic mass is 19.1. The van der Waals surface area contributed by atoms with Crippen molar-refractivity contribution in [1.82, 2.24) is 5.32 Å². The summed E-state index contributed by atoms with van der Waals surface area (Å²) in [4.78, 5) is 13.6. The predicted octanol–water partition coefficient (Wildman–Crippen LogP) is 2.49. The van der Waals surface area contributed by atoms with Gasteiger partial charge in [-0.2, -0.15) is 0 Å². The summed E-state index contributed by atoms with van der Waals surface area (Å²) in [5.74, 6) is -0.350. The van der Waals surface area contributed by atoms with E-state index in [0.717, 1.165) is 12.8 Å². The number of unbranched alkanes of at least 4 members (excludes halogenated alkanes) is 1. The summed E-state index contributed by atoms with van der Waals surface area (Å²) in [5, 5.41) is 2.83. The van der Waals surface area contributed by atoms with Gasteiger partial charge in [-0.25, -0.2) is 9.18 Å². The monoisotopic (exact) mass is 267 g/mol. The summed E-state index contributed by atoms with van der Waals surface area (Å²) in [6.45, 7) is 3.67. The minimum atomic E-state index is -0.350. The molecular formula is C14H22FN3O. The Hall–Kier alpha value is -1.62. The molecule has 1 aromatic carbocycles. The molecule has 5 heteroatoms. The molecule has 2 amide bonds. The molecule has 1 aromatic rings. The Labute approximate surface area is 113 Å². The van der Waals surface area contributed by atoms with Gasteiger partial charge in [0.25, 0.3) is 0 Å². The maximum absolute atomic E-state index is 13.2. The third-order valence-corrected chi connectivity index (χ3v) is 2.76. The number of carbonyl (C=O) groups is 1. The van der Waals surface area contributed by atoms with Crippen molar-refractivity contribution in [2.24, 2.45) is 5.73 Å². The lowest BCUT2D eigenvalue weighted by Gasteiger charge is -2.23. The van der Waals surface area contributed by atoms with Crippen LogP contribution in [0.15, 0.2) is 24.3 Å². The van der Waals surface area contributed by atoms with Crippen molar-refractivity contribution in [1.29, 1.82) is 0 Å². The van der Waals surface area contributed by atoms with E-state index in [1.807, 2.05) is 0 Å². The van der Waals surface area contributed by atoms with Gasteiger partial charge in [0.1, 0.15) is 5.82 Å². The van der Waals surface area contributed by atoms with Gasteiger partial charge in [-0.15, -0.1) is 0 Å². The van der Waals surface area contributed by atoms with E-state index in [4.69, 9.17) is 5.73 Å². The number of nitrogens with zero attached hydrogens (tertiary/aromatic N) is 1. The number of anilines is 1. The largest absolute Gasteiger partial charge is 0.338 e. The summed E-state index contributed by atoms with van der Waals surface area (Å²) in [6, 6.07) is 5.83. The van der Waals surface area contributed by atoms with Crippen LogP contribution in [-0.4, -0.2) is 25.7 Å². The summed E-state index contributed by atoms with van der Waals surface area (Å²) in [5.41, 5.74) is 6.03. The molecule has 19 heavy (non-hydrogen) atoms. The van der Waals surface area contributed by atoms with Crippen LogP contribution in [0.5, 0.6) is 0 Å². The van der Waals surface area contributed by atoms with Gasteiger partial charge >= 0.3 is 6.03 Å². The molecule has 0 aliphatic rings. The van der Waals surface area contributed by atoms with Gasteiger partial charge in [0.2, 0.25) is 0 Å². The van der Waals surface area contributed by atoms with Gasteiger partial charge < -0.3 is 11.1 Å². The first-order chi connectivity index (χ1) is 9.19. The van der Waals surface area contributed by atoms with Crippen LogP contribution in [0.3, 0.4) is 0 Å². The number of benzene rings is 1. The Bertz CT molecular complexity index is 398. The summed E-state index contributed by atoms with van der Waals surface area (Å²) in [6.07, 6.45) is 2.63. The van der Waals surface area contributed by atoms with E-state index in [9.17, 15) is 9.18 Å². The molecule has 0 radical (unpaired) electrons. The molecule has 0 spiro atoms. The Balaban J connectivity index is 2.73. The van der Waals surface area contributed by atoms with Crippen LogP contribution in [-0.2, 0) is 0 Å². The molecule has 0 aliphatic carbocycles. The van der Waals surface area contributed by atoms with E-state index in [1.54, 1.807) is 12.1 Å². The van der Waals surface area contributed by atoms with Gasteiger partial charge in [0.15, 0.2) is 0 Å². The Morgan fingerprint density at radius 1 is 1.42 bits per heavy atom. The van der Waals surface area contributed by atoms with Gasteiger partial charge in [-0.1, -0.05) is 19.4 Å². The third kappa shape index (κ3) is 5.26. The smallest absolute Gasteiger partial charge is 0.321 e. The number of carbonyl (C=O) groups excluding carboxylic acids is 1. The molecule has 106 valence electrons. The standard InChI is InChI=1S/C14H22FN3O/c1-2-3-9-17-14(19)18(10-5-8-16)13-7-4-6-12(15)11-13/h4,6-7,11H,2-3,5,8-10,16H2,1H3,(H,17,19). The number of urea groups is 1. The summed E-state index contributed by atoms with van der Waals surface area (Å²) >= 11 is 0. The van der Waals surface area contributed by atoms with Gasteiger partial charge in [-0.05, 0) is 37.6 Å². The molecule has 0 bridgehead atoms. The topological polar surface area (TPSA) is 58.4 Å². The highest BCUT2D eigenvalue weighted by Gasteiger charge is 2.14. The van der Waals surface area contributed by atoms with Gasteiger partial charge in [-0.3, -0.25) is 4.90 Å². The maximum atomic E-state index is 13.2. The van der Waals surface area contributed by atoms with Crippen molar-refractivity contribution >= 4 is 11.7 Å². The van der Waals surface area contributed by atoms with Crippen LogP contribution >= 0.6 is 0 Å². The zero-order chi connectivity index (χ0) is 14.1. The molecule has 0 aromatic heterocycles. The fraction of sp³-hybridized carbons (Fsp3) is 0.500. The van der Waals surface area contributed by atoms with E-state index in [-0.39, 0.29) is 11.8 Å². The average Bonchev–Trinajstić information content (AvgIpc) is 2.39. The minimum absolute atomic E-state index is 0.201. The first kappa shape index (κ1) is 15.4. The summed E-state index contributed by atoms with van der Waals surface area (Å²) in [7, 11) is 0. The highest BCUT2D eigenvalue weighted by Crippen LogP contribution is 2.16. The molecule has 0 unspecified atom stereocenters. The molecule has 4 nitrogen and oxygen atoms in total. The van der Waals surface area contributed by atoms with Crippen LogP contribution in [0.25, 0.3) is 0 Å². The zero-order valence-corrected chi connectivity index (χ0v) is 11.4. The Morgan fingerprint density at radius 2 is 2.21 bits per heavy atom. The van der Waals surface area contributed by atoms with Crippen molar-refractivity contribution in [3.8, 4) is 0 Å². The lowest BCUT2D eigenvalue weighted by molar-refractivity contribution is 0.246. The first-order valence-corrected chi connectivity index (χ1v) is 6.70. The molecule has 0 fully saturated rings. The molecular weight excluding hydrogens is 245 g/mol. The minimum Gasteiger partial charge on any atom is -0.338 e. The highest BCUT2D eigenvalue weighted by molar-refractivity contribution is 5.91. The van der Waals surface area contributed by atoms with Crippen LogP contribution in [0.1, 0.15) is 26.2 Å². The van der Waals surface area contributed by atoms with Crippen molar-refractivity contribution in [2.45, 2.75) is 26.2 Å². The average molecular weight is 267 g/mol. The number of rotatable bonds is 7. The second-order valence-electron chi connectivity index (χ2n) is 4.36. The molecule has 1 rings (SSSR count). The fourth-order valence-corrected chi connectivity index (χ4v) is 1.71. The van der Waals surface area contributed by atoms with E-state index in [1.165, 1.54) is 17.0 Å². The second-order valence-corrected chi connectivity index (χ2v) is 4.36. The van der Waals surface area contributed by atoms with Crippen molar-refractivity contribution in [3.63, 3.8) is 0 Å². The number of halogens is 1. The SMILES string of the molecule is CCCCNC(=O)N(CCCN)c1cccc(F)c1. The number of nitrogens with one attached hydrogen (secondary N) is 1. The Kier molecular flexibility index (Phi) is 6.89. The molecule has 0 aliphatic heterocycles. The molecule has 3 N–H and O–H groups in total. The molecule has 0 heterocycles. The molecule has 0 atom stereocenters. The number of nitrogens with two attached hydrogens (primary N) is 1. The third-order valence-electron chi connectivity index (χ3n) is 2.76. The van der Waals surface area contributed by atoms with Crippen LogP contribution in [0.4, 0.5) is 14.9 Å². The predicted molar refractivity (Wildman–Crippen MR) is 75.7 cm³/mol. The molecule has 0 saturated carbocycles. The van der Waals surface area contributed by atoms with Crippen molar-refractivity contribution in [3.05, 3.63) is 30.1 Å². The quantitative estimate of drug-likeness (QED) is 0.746. The van der Waals surface area contributed by atoms with Crippen molar-refractivity contribution in [2.75, 3.05) is 24.5 Å². The summed E-state index contributed by atoms with van der Waals surface area (Å²) < 4.78 is 13.2. The number of hydrogen-bond acceptors (Lipinski definition) is 2.